The van der Waals surface area contributed by atoms with Gasteiger partial charge in [-0.1, -0.05) is 122 Å². The lowest BCUT2D eigenvalue weighted by Crippen LogP contribution is -2.49. The van der Waals surface area contributed by atoms with Crippen LogP contribution < -0.4 is 15.3 Å². The first-order valence-electron chi connectivity index (χ1n) is 16.4. The van der Waals surface area contributed by atoms with E-state index in [-0.39, 0.29) is 0 Å². The van der Waals surface area contributed by atoms with Crippen LogP contribution in [0.2, 0.25) is 0 Å². The van der Waals surface area contributed by atoms with E-state index in [0.29, 0.717) is 30.1 Å². The molecule has 1 aliphatic heterocycles. The van der Waals surface area contributed by atoms with Gasteiger partial charge in [0.2, 0.25) is 0 Å². The Morgan fingerprint density at radius 3 is 1.80 bits per heavy atom. The number of benzene rings is 4. The van der Waals surface area contributed by atoms with Crippen LogP contribution in [-0.2, 0) is 0 Å². The molecule has 5 atom stereocenters. The van der Waals surface area contributed by atoms with E-state index in [1.54, 1.807) is 0 Å². The smallest absolute Gasteiger partial charge is 0.0825 e. The first-order valence-corrected chi connectivity index (χ1v) is 16.4. The average Bonchev–Trinajstić information content (AvgIpc) is 3.36. The van der Waals surface area contributed by atoms with Crippen LogP contribution in [0.15, 0.2) is 127 Å². The van der Waals surface area contributed by atoms with Gasteiger partial charge in [0, 0.05) is 23.6 Å². The molecule has 2 heteroatoms. The fraction of sp³-hybridized carbons (Fsp3) is 0.238. The van der Waals surface area contributed by atoms with Crippen LogP contribution in [0, 0.1) is 11.8 Å². The van der Waals surface area contributed by atoms with Crippen molar-refractivity contribution >= 4 is 16.8 Å². The van der Waals surface area contributed by atoms with Crippen molar-refractivity contribution in [2.24, 2.45) is 11.8 Å². The minimum absolute atomic E-state index is 0.323. The predicted octanol–water partition coefficient (Wildman–Crippen LogP) is 7.68. The molecule has 0 saturated carbocycles. The first kappa shape index (κ1) is 26.0. The van der Waals surface area contributed by atoms with Crippen molar-refractivity contribution in [1.29, 1.82) is 0 Å². The topological polar surface area (TPSA) is 6.48 Å². The fourth-order valence-electron chi connectivity index (χ4n) is 8.87. The molecule has 6 aliphatic rings. The van der Waals surface area contributed by atoms with Crippen molar-refractivity contribution in [3.05, 3.63) is 149 Å². The number of hydrogen-bond donors (Lipinski definition) is 0. The molecule has 9 rings (SSSR count). The minimum Gasteiger partial charge on any atom is -0.348 e. The van der Waals surface area contributed by atoms with E-state index in [0.717, 1.165) is 6.42 Å². The highest BCUT2D eigenvalue weighted by molar-refractivity contribution is 5.93. The molecule has 3 aromatic rings. The summed E-state index contributed by atoms with van der Waals surface area (Å²) in [6.45, 7) is 2.33. The highest BCUT2D eigenvalue weighted by Gasteiger charge is 2.44. The van der Waals surface area contributed by atoms with E-state index in [1.807, 2.05) is 0 Å². The van der Waals surface area contributed by atoms with E-state index in [4.69, 9.17) is 0 Å². The second-order valence-corrected chi connectivity index (χ2v) is 13.1. The van der Waals surface area contributed by atoms with Crippen molar-refractivity contribution in [2.75, 3.05) is 11.9 Å². The minimum atomic E-state index is 0.323. The van der Waals surface area contributed by atoms with Crippen molar-refractivity contribution in [2.45, 2.75) is 44.4 Å². The standard InChI is InChI=1S/C42H38N2/c1-3-38-43(2)36-15-9-10-16-37(36)44(38)31-23-21-30(22-24-31)40-33-14-8-7-13-32(33)39(41-34-25-26-35(34)42(40)41)29-19-17-28(18-20-29)27-11-5-4-6-12-27/h4-8,10-14,16-26,32-33,36-38H,3,9,15H2,1-2H3/t32?,33?,36-,37?,38?/m0/s1. The molecule has 0 radical (unpaired) electrons. The highest BCUT2D eigenvalue weighted by Crippen LogP contribution is 2.44. The van der Waals surface area contributed by atoms with Crippen LogP contribution in [0.25, 0.3) is 33.4 Å². The molecule has 0 aromatic heterocycles. The average molecular weight is 571 g/mol. The summed E-state index contributed by atoms with van der Waals surface area (Å²) in [6, 6.07) is 35.3. The Hall–Kier alpha value is -4.40. The van der Waals surface area contributed by atoms with Gasteiger partial charge in [-0.25, -0.2) is 0 Å². The van der Waals surface area contributed by atoms with Gasteiger partial charge < -0.3 is 4.90 Å². The number of hydrogen-bond acceptors (Lipinski definition) is 2. The molecular weight excluding hydrogens is 532 g/mol. The molecule has 0 bridgehead atoms. The lowest BCUT2D eigenvalue weighted by atomic mass is 9.65. The Morgan fingerprint density at radius 1 is 0.636 bits per heavy atom. The summed E-state index contributed by atoms with van der Waals surface area (Å²) in [4.78, 5) is 5.30. The molecular formula is C42H38N2. The van der Waals surface area contributed by atoms with Crippen molar-refractivity contribution in [1.82, 2.24) is 4.90 Å². The van der Waals surface area contributed by atoms with Crippen LogP contribution in [0.4, 0.5) is 5.69 Å². The largest absolute Gasteiger partial charge is 0.348 e. The van der Waals surface area contributed by atoms with Crippen LogP contribution in [0.5, 0.6) is 0 Å². The number of fused-ring (bicyclic) bond motifs is 6. The molecule has 1 heterocycles. The Balaban J connectivity index is 1.17. The number of nitrogens with zero attached hydrogens (tertiary/aromatic N) is 2. The number of rotatable bonds is 5. The van der Waals surface area contributed by atoms with Gasteiger partial charge in [-0.2, -0.15) is 0 Å². The van der Waals surface area contributed by atoms with Crippen LogP contribution in [-0.4, -0.2) is 30.2 Å². The van der Waals surface area contributed by atoms with E-state index in [1.165, 1.54) is 73.5 Å². The maximum absolute atomic E-state index is 2.68. The molecule has 0 N–H and O–H groups in total. The summed E-state index contributed by atoms with van der Waals surface area (Å²) in [5, 5.41) is 2.94. The fourth-order valence-corrected chi connectivity index (χ4v) is 8.87. The zero-order valence-corrected chi connectivity index (χ0v) is 25.5. The van der Waals surface area contributed by atoms with Gasteiger partial charge in [-0.3, -0.25) is 4.90 Å². The third kappa shape index (κ3) is 3.70. The molecule has 216 valence electrons. The molecule has 44 heavy (non-hydrogen) atoms. The van der Waals surface area contributed by atoms with Gasteiger partial charge in [0.25, 0.3) is 0 Å². The molecule has 1 fully saturated rings. The third-order valence-electron chi connectivity index (χ3n) is 11.0. The zero-order valence-electron chi connectivity index (χ0n) is 25.5. The van der Waals surface area contributed by atoms with Crippen molar-refractivity contribution in [3.8, 4) is 22.3 Å². The van der Waals surface area contributed by atoms with Gasteiger partial charge in [-0.15, -0.1) is 0 Å². The summed E-state index contributed by atoms with van der Waals surface area (Å²) in [6.07, 6.45) is 18.2. The van der Waals surface area contributed by atoms with E-state index < -0.39 is 0 Å². The number of likely N-dealkylation sites (N-methyl/N-ethyl adjacent to an activating group) is 1. The SMILES string of the molecule is CCC1N(c2ccc(C3=c4c5ccc-5c4=C(c4ccc(-c5ccccc5)cc4)C4C=CC=CC34)cc2)C2C=CCC[C@@H]2N1C. The molecule has 5 aliphatic carbocycles. The lowest BCUT2D eigenvalue weighted by Gasteiger charge is -2.38. The maximum Gasteiger partial charge on any atom is 0.0825 e. The predicted molar refractivity (Wildman–Crippen MR) is 184 cm³/mol. The molecule has 2 nitrogen and oxygen atoms in total. The van der Waals surface area contributed by atoms with Gasteiger partial charge in [0.15, 0.2) is 0 Å². The van der Waals surface area contributed by atoms with Gasteiger partial charge in [0.05, 0.1) is 12.2 Å². The maximum atomic E-state index is 2.68. The molecule has 4 unspecified atom stereocenters. The normalized spacial score (nSPS) is 26.0. The van der Waals surface area contributed by atoms with Crippen molar-refractivity contribution in [3.63, 3.8) is 0 Å². The Bertz CT molecular complexity index is 1980. The van der Waals surface area contributed by atoms with Crippen molar-refractivity contribution < 1.29 is 0 Å². The molecule has 0 amide bonds. The Kier molecular flexibility index (Phi) is 5.96. The summed E-state index contributed by atoms with van der Waals surface area (Å²) >= 11 is 0. The van der Waals surface area contributed by atoms with Gasteiger partial charge in [-0.05, 0) is 93.4 Å². The lowest BCUT2D eigenvalue weighted by molar-refractivity contribution is 0.224. The molecule has 0 spiro atoms. The summed E-state index contributed by atoms with van der Waals surface area (Å²) in [7, 11) is 2.33. The molecule has 3 aromatic carbocycles. The van der Waals surface area contributed by atoms with E-state index >= 15 is 0 Å². The second kappa shape index (κ2) is 10.1. The second-order valence-electron chi connectivity index (χ2n) is 13.1. The van der Waals surface area contributed by atoms with Crippen LogP contribution in [0.3, 0.4) is 0 Å². The number of anilines is 1. The van der Waals surface area contributed by atoms with Gasteiger partial charge >= 0.3 is 0 Å². The number of allylic oxidation sites excluding steroid dienone is 5. The monoisotopic (exact) mass is 570 g/mol. The Labute approximate surface area is 260 Å². The molecule has 1 saturated heterocycles. The zero-order chi connectivity index (χ0) is 29.4. The van der Waals surface area contributed by atoms with E-state index in [2.05, 4.69) is 151 Å². The van der Waals surface area contributed by atoms with Gasteiger partial charge in [0.1, 0.15) is 0 Å². The quantitative estimate of drug-likeness (QED) is 0.200. The first-order chi connectivity index (χ1) is 21.7. The summed E-state index contributed by atoms with van der Waals surface area (Å²) in [5.74, 6) is 0.646. The van der Waals surface area contributed by atoms with Crippen LogP contribution >= 0.6 is 0 Å². The highest BCUT2D eigenvalue weighted by atomic mass is 15.4. The van der Waals surface area contributed by atoms with Crippen LogP contribution in [0.1, 0.15) is 37.3 Å². The third-order valence-corrected chi connectivity index (χ3v) is 11.0. The summed E-state index contributed by atoms with van der Waals surface area (Å²) < 4.78 is 0. The summed E-state index contributed by atoms with van der Waals surface area (Å²) in [5.41, 5.74) is 12.4. The Morgan fingerprint density at radius 2 is 1.20 bits per heavy atom. The van der Waals surface area contributed by atoms with E-state index in [9.17, 15) is 0 Å².